The first-order valence-electron chi connectivity index (χ1n) is 9.57. The summed E-state index contributed by atoms with van der Waals surface area (Å²) in [6.07, 6.45) is 9.48. The van der Waals surface area contributed by atoms with E-state index in [1.807, 2.05) is 13.0 Å². The van der Waals surface area contributed by atoms with Crippen molar-refractivity contribution in [3.8, 4) is 0 Å². The summed E-state index contributed by atoms with van der Waals surface area (Å²) in [6.45, 7) is 3.71. The second kappa shape index (κ2) is 5.37. The normalized spacial score (nSPS) is 45.8. The molecule has 0 heterocycles. The van der Waals surface area contributed by atoms with Crippen molar-refractivity contribution < 1.29 is 19.8 Å². The van der Waals surface area contributed by atoms with Crippen LogP contribution in [0.25, 0.3) is 0 Å². The molecule has 4 nitrogen and oxygen atoms in total. The molecule has 2 N–H and O–H groups in total. The quantitative estimate of drug-likeness (QED) is 0.756. The molecule has 0 bridgehead atoms. The number of carbonyl (C=O) groups excluding carboxylic acids is 2. The van der Waals surface area contributed by atoms with Gasteiger partial charge in [0.1, 0.15) is 12.2 Å². The van der Waals surface area contributed by atoms with Crippen LogP contribution in [0.3, 0.4) is 0 Å². The van der Waals surface area contributed by atoms with E-state index in [-0.39, 0.29) is 17.1 Å². The van der Waals surface area contributed by atoms with E-state index in [1.165, 1.54) is 11.1 Å². The Hall–Kier alpha value is -1.26. The van der Waals surface area contributed by atoms with Crippen LogP contribution in [0.5, 0.6) is 0 Å². The maximum Gasteiger partial charge on any atom is 0.190 e. The van der Waals surface area contributed by atoms with Crippen LogP contribution in [0.4, 0.5) is 0 Å². The van der Waals surface area contributed by atoms with Crippen molar-refractivity contribution in [1.29, 1.82) is 0 Å². The van der Waals surface area contributed by atoms with Crippen LogP contribution in [-0.2, 0) is 9.59 Å². The molecule has 0 amide bonds. The van der Waals surface area contributed by atoms with E-state index in [4.69, 9.17) is 0 Å². The lowest BCUT2D eigenvalue weighted by Crippen LogP contribution is -2.55. The van der Waals surface area contributed by atoms with Gasteiger partial charge in [-0.1, -0.05) is 31.1 Å². The zero-order valence-corrected chi connectivity index (χ0v) is 15.2. The summed E-state index contributed by atoms with van der Waals surface area (Å²) in [4.78, 5) is 24.2. The van der Waals surface area contributed by atoms with Gasteiger partial charge in [-0.15, -0.1) is 0 Å². The molecule has 0 aliphatic heterocycles. The SMILES string of the molecule is CC12CCC(=O)C=C1CCC1C2=CCC2(C)C1CC[C@]2(O)C(=O)CO. The van der Waals surface area contributed by atoms with Crippen LogP contribution >= 0.6 is 0 Å². The van der Waals surface area contributed by atoms with Gasteiger partial charge >= 0.3 is 0 Å². The summed E-state index contributed by atoms with van der Waals surface area (Å²) in [5.41, 5.74) is 0.770. The molecule has 0 spiro atoms. The maximum atomic E-state index is 12.3. The average molecular weight is 344 g/mol. The number of rotatable bonds is 2. The highest BCUT2D eigenvalue weighted by Gasteiger charge is 2.64. The number of allylic oxidation sites excluding steroid dienone is 4. The van der Waals surface area contributed by atoms with E-state index in [1.54, 1.807) is 0 Å². The molecular formula is C21H28O4. The smallest absolute Gasteiger partial charge is 0.190 e. The van der Waals surface area contributed by atoms with Crippen LogP contribution < -0.4 is 0 Å². The van der Waals surface area contributed by atoms with E-state index in [2.05, 4.69) is 13.0 Å². The van der Waals surface area contributed by atoms with E-state index in [0.29, 0.717) is 25.2 Å². The Kier molecular flexibility index (Phi) is 3.69. The number of hydrogen-bond donors (Lipinski definition) is 2. The van der Waals surface area contributed by atoms with Gasteiger partial charge in [0.2, 0.25) is 0 Å². The first-order valence-corrected chi connectivity index (χ1v) is 9.57. The van der Waals surface area contributed by atoms with Crippen molar-refractivity contribution in [3.63, 3.8) is 0 Å². The minimum absolute atomic E-state index is 0.0279. The monoisotopic (exact) mass is 344 g/mol. The van der Waals surface area contributed by atoms with Crippen molar-refractivity contribution in [3.05, 3.63) is 23.3 Å². The molecular weight excluding hydrogens is 316 g/mol. The van der Waals surface area contributed by atoms with Gasteiger partial charge < -0.3 is 10.2 Å². The average Bonchev–Trinajstić information content (AvgIpc) is 2.87. The summed E-state index contributed by atoms with van der Waals surface area (Å²) < 4.78 is 0. The second-order valence-electron chi connectivity index (χ2n) is 8.98. The van der Waals surface area contributed by atoms with Gasteiger partial charge in [-0.25, -0.2) is 0 Å². The Morgan fingerprint density at radius 1 is 1.24 bits per heavy atom. The topological polar surface area (TPSA) is 74.6 Å². The zero-order valence-electron chi connectivity index (χ0n) is 15.2. The number of ketones is 2. The number of hydrogen-bond acceptors (Lipinski definition) is 4. The first-order chi connectivity index (χ1) is 11.8. The fraction of sp³-hybridized carbons (Fsp3) is 0.714. The van der Waals surface area contributed by atoms with Crippen LogP contribution in [-0.4, -0.2) is 34.0 Å². The lowest BCUT2D eigenvalue weighted by Gasteiger charge is -2.54. The summed E-state index contributed by atoms with van der Waals surface area (Å²) in [6, 6.07) is 0. The third-order valence-corrected chi connectivity index (χ3v) is 8.09. The molecule has 0 radical (unpaired) electrons. The van der Waals surface area contributed by atoms with Crippen molar-refractivity contribution >= 4 is 11.6 Å². The zero-order chi connectivity index (χ0) is 18.0. The number of aliphatic hydroxyl groups is 2. The molecule has 4 unspecified atom stereocenters. The summed E-state index contributed by atoms with van der Waals surface area (Å²) in [7, 11) is 0. The standard InChI is InChI=1S/C21H28O4/c1-19-8-5-14(23)11-13(19)3-4-15-16(19)6-9-20(2)17(15)7-10-21(20,25)18(24)12-22/h6,11,15,17,22,25H,3-5,7-10,12H2,1-2H3/t15?,17?,19?,20?,21-/m0/s1. The van der Waals surface area contributed by atoms with Gasteiger partial charge in [0.15, 0.2) is 11.6 Å². The van der Waals surface area contributed by atoms with Gasteiger partial charge in [0.05, 0.1) is 0 Å². The number of carbonyl (C=O) groups is 2. The van der Waals surface area contributed by atoms with Crippen molar-refractivity contribution in [2.45, 2.75) is 64.4 Å². The van der Waals surface area contributed by atoms with E-state index in [0.717, 1.165) is 25.7 Å². The lowest BCUT2D eigenvalue weighted by molar-refractivity contribution is -0.155. The maximum absolute atomic E-state index is 12.3. The van der Waals surface area contributed by atoms with Crippen molar-refractivity contribution in [2.75, 3.05) is 6.61 Å². The molecule has 4 heteroatoms. The van der Waals surface area contributed by atoms with Crippen molar-refractivity contribution in [1.82, 2.24) is 0 Å². The van der Waals surface area contributed by atoms with Crippen LogP contribution in [0, 0.1) is 22.7 Å². The van der Waals surface area contributed by atoms with Gasteiger partial charge in [-0.05, 0) is 56.4 Å². The molecule has 2 fully saturated rings. The predicted molar refractivity (Wildman–Crippen MR) is 93.7 cm³/mol. The first kappa shape index (κ1) is 17.2. The number of aliphatic hydroxyl groups excluding tert-OH is 1. The van der Waals surface area contributed by atoms with Crippen LogP contribution in [0.2, 0.25) is 0 Å². The number of fused-ring (bicyclic) bond motifs is 5. The van der Waals surface area contributed by atoms with Crippen molar-refractivity contribution in [2.24, 2.45) is 22.7 Å². The van der Waals surface area contributed by atoms with E-state index < -0.39 is 23.4 Å². The highest BCUT2D eigenvalue weighted by Crippen LogP contribution is 2.65. The molecule has 4 aliphatic rings. The predicted octanol–water partition coefficient (Wildman–Crippen LogP) is 2.73. The second-order valence-corrected chi connectivity index (χ2v) is 8.98. The molecule has 0 saturated heterocycles. The Morgan fingerprint density at radius 3 is 2.72 bits per heavy atom. The third kappa shape index (κ3) is 2.07. The molecule has 136 valence electrons. The largest absolute Gasteiger partial charge is 0.388 e. The Balaban J connectivity index is 1.75. The van der Waals surface area contributed by atoms with Crippen LogP contribution in [0.1, 0.15) is 58.8 Å². The van der Waals surface area contributed by atoms with Gasteiger partial charge in [-0.2, -0.15) is 0 Å². The molecule has 0 aromatic carbocycles. The van der Waals surface area contributed by atoms with Gasteiger partial charge in [0, 0.05) is 17.3 Å². The fourth-order valence-electron chi connectivity index (χ4n) is 6.46. The Labute approximate surface area is 149 Å². The fourth-order valence-corrected chi connectivity index (χ4v) is 6.46. The van der Waals surface area contributed by atoms with Gasteiger partial charge in [0.25, 0.3) is 0 Å². The lowest BCUT2D eigenvalue weighted by atomic mass is 9.50. The summed E-state index contributed by atoms with van der Waals surface area (Å²) in [5.74, 6) is 0.454. The Bertz CT molecular complexity index is 705. The molecule has 4 rings (SSSR count). The molecule has 0 aromatic heterocycles. The minimum Gasteiger partial charge on any atom is -0.388 e. The molecule has 0 aromatic rings. The molecule has 4 aliphatic carbocycles. The third-order valence-electron chi connectivity index (χ3n) is 8.09. The molecule has 5 atom stereocenters. The number of Topliss-reactive ketones (excluding diaryl/α,β-unsaturated/α-hetero) is 1. The molecule has 25 heavy (non-hydrogen) atoms. The highest BCUT2D eigenvalue weighted by molar-refractivity contribution is 5.92. The van der Waals surface area contributed by atoms with E-state index >= 15 is 0 Å². The summed E-state index contributed by atoms with van der Waals surface area (Å²) >= 11 is 0. The summed E-state index contributed by atoms with van der Waals surface area (Å²) in [5, 5.41) is 20.5. The van der Waals surface area contributed by atoms with Crippen LogP contribution in [0.15, 0.2) is 23.3 Å². The minimum atomic E-state index is -1.41. The van der Waals surface area contributed by atoms with E-state index in [9.17, 15) is 19.8 Å². The highest BCUT2D eigenvalue weighted by atomic mass is 16.3. The molecule has 2 saturated carbocycles. The van der Waals surface area contributed by atoms with Gasteiger partial charge in [-0.3, -0.25) is 9.59 Å². The Morgan fingerprint density at radius 2 is 2.00 bits per heavy atom.